The van der Waals surface area contributed by atoms with Gasteiger partial charge in [0, 0.05) is 13.2 Å². The summed E-state index contributed by atoms with van der Waals surface area (Å²) in [6.07, 6.45) is 32.7. The quantitative estimate of drug-likeness (QED) is 0.0283. The molecule has 294 valence electrons. The average Bonchev–Trinajstić information content (AvgIpc) is 3.17. The number of unbranched alkanes of at least 4 members (excludes halogenated alkanes) is 16. The third-order valence-corrected chi connectivity index (χ3v) is 15.4. The largest absolute Gasteiger partial charge is 0.353 e. The van der Waals surface area contributed by atoms with Crippen molar-refractivity contribution in [3.8, 4) is 0 Å². The molecule has 3 aromatic rings. The van der Waals surface area contributed by atoms with E-state index in [1.807, 2.05) is 0 Å². The summed E-state index contributed by atoms with van der Waals surface area (Å²) in [6.45, 7) is 12.9. The Balaban J connectivity index is 1.46. The number of ether oxygens (including phenoxy) is 2. The van der Waals surface area contributed by atoms with Crippen molar-refractivity contribution < 1.29 is 9.47 Å². The Kier molecular flexibility index (Phi) is 24.0. The van der Waals surface area contributed by atoms with Crippen molar-refractivity contribution in [2.75, 3.05) is 19.4 Å². The van der Waals surface area contributed by atoms with E-state index in [1.165, 1.54) is 154 Å². The fraction of sp³-hybridized carbons (Fsp3) is 0.600. The first-order valence-corrected chi connectivity index (χ1v) is 23.9. The van der Waals surface area contributed by atoms with Gasteiger partial charge in [0.2, 0.25) is 0 Å². The number of allylic oxidation sites excluding steroid dienone is 2. The van der Waals surface area contributed by atoms with Crippen LogP contribution >= 0.6 is 7.26 Å². The molecular weight excluding hydrogens is 664 g/mol. The second kappa shape index (κ2) is 28.2. The number of benzene rings is 3. The first-order valence-electron chi connectivity index (χ1n) is 22.0. The lowest BCUT2D eigenvalue weighted by atomic mass is 10.1. The highest BCUT2D eigenvalue weighted by molar-refractivity contribution is 7.95. The van der Waals surface area contributed by atoms with Crippen molar-refractivity contribution in [2.24, 2.45) is 0 Å². The van der Waals surface area contributed by atoms with Crippen LogP contribution in [0.15, 0.2) is 84.9 Å². The minimum absolute atomic E-state index is 0.0232. The van der Waals surface area contributed by atoms with Gasteiger partial charge in [0.25, 0.3) is 0 Å². The number of aryl methyl sites for hydroxylation is 3. The smallest absolute Gasteiger partial charge is 0.157 e. The molecule has 53 heavy (non-hydrogen) atoms. The lowest BCUT2D eigenvalue weighted by Gasteiger charge is -2.28. The summed E-state index contributed by atoms with van der Waals surface area (Å²) in [7, 11) is -1.79. The van der Waals surface area contributed by atoms with Gasteiger partial charge in [-0.25, -0.2) is 0 Å². The fourth-order valence-electron chi connectivity index (χ4n) is 7.43. The molecule has 0 heterocycles. The van der Waals surface area contributed by atoms with E-state index < -0.39 is 7.26 Å². The van der Waals surface area contributed by atoms with Gasteiger partial charge in [0.05, 0.1) is 6.16 Å². The molecule has 0 atom stereocenters. The summed E-state index contributed by atoms with van der Waals surface area (Å²) in [5.74, 6) is 0. The lowest BCUT2D eigenvalue weighted by Crippen LogP contribution is -2.33. The monoisotopic (exact) mass is 742 g/mol. The van der Waals surface area contributed by atoms with E-state index in [0.717, 1.165) is 32.5 Å². The van der Waals surface area contributed by atoms with Gasteiger partial charge in [0.1, 0.15) is 23.2 Å². The Morgan fingerprint density at radius 2 is 0.792 bits per heavy atom. The SMILES string of the molecule is CCCCCCCCCOC(CCCCC/C=C/CCC[P+](c1ccc(C)cc1)(c1ccc(C)cc1)c1ccc(C)cc1)OCCCCCCCCC. The van der Waals surface area contributed by atoms with Crippen LogP contribution in [0.4, 0.5) is 0 Å². The minimum Gasteiger partial charge on any atom is -0.353 e. The summed E-state index contributed by atoms with van der Waals surface area (Å²) < 4.78 is 12.6. The van der Waals surface area contributed by atoms with Crippen molar-refractivity contribution in [3.05, 3.63) is 102 Å². The maximum Gasteiger partial charge on any atom is 0.157 e. The van der Waals surface area contributed by atoms with Crippen LogP contribution in [0, 0.1) is 20.8 Å². The van der Waals surface area contributed by atoms with Gasteiger partial charge in [-0.1, -0.05) is 163 Å². The maximum atomic E-state index is 6.31. The Morgan fingerprint density at radius 3 is 1.21 bits per heavy atom. The summed E-state index contributed by atoms with van der Waals surface area (Å²) >= 11 is 0. The molecule has 2 nitrogen and oxygen atoms in total. The predicted molar refractivity (Wildman–Crippen MR) is 237 cm³/mol. The molecule has 0 aliphatic rings. The molecule has 0 unspecified atom stereocenters. The van der Waals surface area contributed by atoms with Gasteiger partial charge < -0.3 is 9.47 Å². The van der Waals surface area contributed by atoms with Crippen molar-refractivity contribution in [2.45, 2.75) is 176 Å². The van der Waals surface area contributed by atoms with E-state index >= 15 is 0 Å². The van der Waals surface area contributed by atoms with Gasteiger partial charge in [-0.2, -0.15) is 0 Å². The van der Waals surface area contributed by atoms with Crippen molar-refractivity contribution in [1.29, 1.82) is 0 Å². The van der Waals surface area contributed by atoms with Gasteiger partial charge >= 0.3 is 0 Å². The highest BCUT2D eigenvalue weighted by atomic mass is 31.2. The van der Waals surface area contributed by atoms with Gasteiger partial charge in [-0.05, 0) is 109 Å². The molecule has 3 heteroatoms. The predicted octanol–water partition coefficient (Wildman–Crippen LogP) is 14.1. The standard InChI is InChI=1S/C50H78O2P/c1-6-8-10-12-17-21-25-41-51-50(52-42-26-22-18-13-11-9-7-2)28-24-20-16-14-15-19-23-27-43-53(47-35-29-44(3)30-36-47,48-37-31-45(4)32-38-48)49-39-33-46(5)34-40-49/h15,19,29-40,50H,6-14,16-18,20-28,41-43H2,1-5H3/q+1/b19-15+. The molecule has 0 amide bonds. The molecule has 0 aliphatic carbocycles. The Hall–Kier alpha value is -2.25. The molecule has 0 bridgehead atoms. The van der Waals surface area contributed by atoms with Crippen molar-refractivity contribution in [3.63, 3.8) is 0 Å². The molecule has 0 radical (unpaired) electrons. The van der Waals surface area contributed by atoms with E-state index in [0.29, 0.717) is 0 Å². The molecule has 0 fully saturated rings. The van der Waals surface area contributed by atoms with E-state index in [-0.39, 0.29) is 6.29 Å². The Bertz CT molecular complexity index is 1200. The van der Waals surface area contributed by atoms with E-state index in [9.17, 15) is 0 Å². The van der Waals surface area contributed by atoms with Crippen LogP contribution < -0.4 is 15.9 Å². The van der Waals surface area contributed by atoms with Crippen LogP contribution in [-0.4, -0.2) is 25.7 Å². The van der Waals surface area contributed by atoms with Gasteiger partial charge in [-0.15, -0.1) is 0 Å². The minimum atomic E-state index is -1.79. The normalized spacial score (nSPS) is 12.0. The molecule has 0 saturated carbocycles. The highest BCUT2D eigenvalue weighted by Gasteiger charge is 2.44. The lowest BCUT2D eigenvalue weighted by molar-refractivity contribution is -0.148. The summed E-state index contributed by atoms with van der Waals surface area (Å²) in [4.78, 5) is 0. The van der Waals surface area contributed by atoms with Gasteiger partial charge in [0.15, 0.2) is 6.29 Å². The van der Waals surface area contributed by atoms with Crippen LogP contribution in [0.1, 0.15) is 165 Å². The zero-order valence-electron chi connectivity index (χ0n) is 34.9. The molecule has 3 rings (SSSR count). The summed E-state index contributed by atoms with van der Waals surface area (Å²) in [6, 6.07) is 28.3. The van der Waals surface area contributed by atoms with Crippen molar-refractivity contribution in [1.82, 2.24) is 0 Å². The van der Waals surface area contributed by atoms with Crippen LogP contribution in [0.2, 0.25) is 0 Å². The fourth-order valence-corrected chi connectivity index (χ4v) is 11.7. The number of hydrogen-bond donors (Lipinski definition) is 0. The topological polar surface area (TPSA) is 18.5 Å². The summed E-state index contributed by atoms with van der Waals surface area (Å²) in [5, 5.41) is 4.49. The maximum absolute atomic E-state index is 6.31. The second-order valence-corrected chi connectivity index (χ2v) is 19.3. The first-order chi connectivity index (χ1) is 26.0. The zero-order chi connectivity index (χ0) is 37.8. The molecule has 0 aromatic heterocycles. The molecule has 0 aliphatic heterocycles. The molecular formula is C50H78O2P+. The highest BCUT2D eigenvalue weighted by Crippen LogP contribution is 2.56. The molecule has 0 spiro atoms. The Labute approximate surface area is 328 Å². The average molecular weight is 742 g/mol. The third kappa shape index (κ3) is 17.8. The van der Waals surface area contributed by atoms with Crippen LogP contribution in [0.5, 0.6) is 0 Å². The second-order valence-electron chi connectivity index (χ2n) is 15.7. The number of hydrogen-bond acceptors (Lipinski definition) is 2. The number of rotatable bonds is 31. The van der Waals surface area contributed by atoms with Gasteiger partial charge in [-0.3, -0.25) is 0 Å². The van der Waals surface area contributed by atoms with Crippen molar-refractivity contribution >= 4 is 23.2 Å². The summed E-state index contributed by atoms with van der Waals surface area (Å²) in [5.41, 5.74) is 3.97. The first kappa shape index (κ1) is 45.1. The van der Waals surface area contributed by atoms with E-state index in [1.54, 1.807) is 0 Å². The molecule has 3 aromatic carbocycles. The molecule has 0 N–H and O–H groups in total. The van der Waals surface area contributed by atoms with Crippen LogP contribution in [0.3, 0.4) is 0 Å². The van der Waals surface area contributed by atoms with E-state index in [4.69, 9.17) is 9.47 Å². The third-order valence-electron chi connectivity index (χ3n) is 10.9. The van der Waals surface area contributed by atoms with E-state index in [2.05, 4.69) is 120 Å². The van der Waals surface area contributed by atoms with Crippen LogP contribution in [-0.2, 0) is 9.47 Å². The van der Waals surface area contributed by atoms with Crippen LogP contribution in [0.25, 0.3) is 0 Å². The zero-order valence-corrected chi connectivity index (χ0v) is 35.8. The Morgan fingerprint density at radius 1 is 0.434 bits per heavy atom. The molecule has 0 saturated heterocycles.